The Hall–Kier alpha value is -2.92. The van der Waals surface area contributed by atoms with Gasteiger partial charge in [-0.2, -0.15) is 5.10 Å². The van der Waals surface area contributed by atoms with Gasteiger partial charge in [-0.3, -0.25) is 14.5 Å². The van der Waals surface area contributed by atoms with E-state index in [9.17, 15) is 4.79 Å². The second kappa shape index (κ2) is 12.5. The van der Waals surface area contributed by atoms with Crippen LogP contribution in [-0.4, -0.2) is 53.2 Å². The number of piperazine rings is 1. The van der Waals surface area contributed by atoms with Gasteiger partial charge in [0.05, 0.1) is 25.1 Å². The van der Waals surface area contributed by atoms with Crippen LogP contribution in [0.3, 0.4) is 0 Å². The molecule has 1 saturated heterocycles. The highest BCUT2D eigenvalue weighted by molar-refractivity contribution is 14.0. The molecule has 1 fully saturated rings. The Bertz CT molecular complexity index is 1100. The number of ether oxygens (including phenoxy) is 1. The zero-order chi connectivity index (χ0) is 23.0. The van der Waals surface area contributed by atoms with E-state index < -0.39 is 0 Å². The lowest BCUT2D eigenvalue weighted by Crippen LogP contribution is -2.55. The Labute approximate surface area is 217 Å². The zero-order valence-electron chi connectivity index (χ0n) is 19.6. The highest BCUT2D eigenvalue weighted by Crippen LogP contribution is 2.16. The van der Waals surface area contributed by atoms with Gasteiger partial charge >= 0.3 is 0 Å². The van der Waals surface area contributed by atoms with Gasteiger partial charge in [0, 0.05) is 39.9 Å². The van der Waals surface area contributed by atoms with Gasteiger partial charge in [-0.15, -0.1) is 24.0 Å². The summed E-state index contributed by atoms with van der Waals surface area (Å²) in [7, 11) is 3.59. The van der Waals surface area contributed by atoms with Crippen LogP contribution in [0.2, 0.25) is 0 Å². The third kappa shape index (κ3) is 6.80. The molecule has 1 aliphatic heterocycles. The number of guanidine groups is 1. The summed E-state index contributed by atoms with van der Waals surface area (Å²) in [6.07, 6.45) is 3.58. The molecule has 0 saturated carbocycles. The number of aryl methyl sites for hydroxylation is 1. The normalized spacial score (nSPS) is 14.2. The molecule has 0 aliphatic carbocycles. The van der Waals surface area contributed by atoms with E-state index in [4.69, 9.17) is 4.74 Å². The first-order valence-electron chi connectivity index (χ1n) is 11.1. The van der Waals surface area contributed by atoms with Crippen LogP contribution < -0.4 is 10.2 Å². The van der Waals surface area contributed by atoms with Gasteiger partial charge in [-0.05, 0) is 16.7 Å². The number of amides is 1. The molecule has 4 rings (SSSR count). The minimum atomic E-state index is 0. The first kappa shape index (κ1) is 25.7. The smallest absolute Gasteiger partial charge is 0.246 e. The van der Waals surface area contributed by atoms with Crippen molar-refractivity contribution in [2.75, 3.05) is 31.6 Å². The van der Waals surface area contributed by atoms with Gasteiger partial charge in [0.2, 0.25) is 5.91 Å². The van der Waals surface area contributed by atoms with E-state index >= 15 is 0 Å². The molecule has 0 atom stereocenters. The Morgan fingerprint density at radius 3 is 2.50 bits per heavy atom. The summed E-state index contributed by atoms with van der Waals surface area (Å²) >= 11 is 0. The van der Waals surface area contributed by atoms with Crippen molar-refractivity contribution >= 4 is 41.5 Å². The quantitative estimate of drug-likeness (QED) is 0.267. The molecule has 1 N–H and O–H groups in total. The maximum Gasteiger partial charge on any atom is 0.246 e. The molecule has 2 heterocycles. The zero-order valence-corrected chi connectivity index (χ0v) is 21.9. The first-order chi connectivity index (χ1) is 16.1. The molecule has 1 aromatic heterocycles. The molecule has 1 aliphatic rings. The molecule has 180 valence electrons. The molecule has 9 heteroatoms. The SMILES string of the molecule is CN=C(NCc1cccc(COCc2ccccc2)c1)N1CCN(c2cnn(C)c2)C(=O)C1.I. The Morgan fingerprint density at radius 2 is 1.79 bits per heavy atom. The van der Waals surface area contributed by atoms with Gasteiger partial charge < -0.3 is 19.9 Å². The van der Waals surface area contributed by atoms with Crippen LogP contribution in [0.25, 0.3) is 0 Å². The predicted octanol–water partition coefficient (Wildman–Crippen LogP) is 3.18. The van der Waals surface area contributed by atoms with Crippen LogP contribution in [0.1, 0.15) is 16.7 Å². The average molecular weight is 574 g/mol. The monoisotopic (exact) mass is 574 g/mol. The van der Waals surface area contributed by atoms with Crippen LogP contribution in [0.4, 0.5) is 5.69 Å². The first-order valence-corrected chi connectivity index (χ1v) is 11.1. The number of benzene rings is 2. The number of anilines is 1. The van der Waals surface area contributed by atoms with E-state index in [1.54, 1.807) is 22.8 Å². The molecule has 2 aromatic carbocycles. The molecule has 0 spiro atoms. The molecule has 3 aromatic rings. The molecule has 0 radical (unpaired) electrons. The van der Waals surface area contributed by atoms with Crippen molar-refractivity contribution < 1.29 is 9.53 Å². The summed E-state index contributed by atoms with van der Waals surface area (Å²) < 4.78 is 7.57. The van der Waals surface area contributed by atoms with Crippen LogP contribution in [0, 0.1) is 0 Å². The van der Waals surface area contributed by atoms with Crippen molar-refractivity contribution in [3.8, 4) is 0 Å². The topological polar surface area (TPSA) is 75.0 Å². The maximum absolute atomic E-state index is 12.7. The average Bonchev–Trinajstić information content (AvgIpc) is 3.26. The highest BCUT2D eigenvalue weighted by atomic mass is 127. The fraction of sp³-hybridized carbons (Fsp3) is 0.320. The number of aliphatic imine (C=N–C) groups is 1. The molecule has 1 amide bonds. The van der Waals surface area contributed by atoms with Crippen molar-refractivity contribution in [2.24, 2.45) is 12.0 Å². The van der Waals surface area contributed by atoms with E-state index in [1.807, 2.05) is 42.4 Å². The molecule has 0 bridgehead atoms. The van der Waals surface area contributed by atoms with Gasteiger partial charge in [0.1, 0.15) is 6.54 Å². The molecular weight excluding hydrogens is 543 g/mol. The van der Waals surface area contributed by atoms with Crippen LogP contribution in [0.15, 0.2) is 72.0 Å². The van der Waals surface area contributed by atoms with Gasteiger partial charge in [0.15, 0.2) is 5.96 Å². The summed E-state index contributed by atoms with van der Waals surface area (Å²) in [5, 5.41) is 7.56. The summed E-state index contributed by atoms with van der Waals surface area (Å²) in [5.74, 6) is 0.759. The molecule has 0 unspecified atom stereocenters. The largest absolute Gasteiger partial charge is 0.372 e. The number of halogens is 1. The van der Waals surface area contributed by atoms with Crippen molar-refractivity contribution in [3.63, 3.8) is 0 Å². The lowest BCUT2D eigenvalue weighted by Gasteiger charge is -2.35. The van der Waals surface area contributed by atoms with Crippen LogP contribution in [-0.2, 0) is 36.3 Å². The van der Waals surface area contributed by atoms with E-state index in [-0.39, 0.29) is 36.4 Å². The van der Waals surface area contributed by atoms with E-state index in [2.05, 4.69) is 45.7 Å². The minimum absolute atomic E-state index is 0. The summed E-state index contributed by atoms with van der Waals surface area (Å²) in [6.45, 7) is 3.35. The minimum Gasteiger partial charge on any atom is -0.372 e. The van der Waals surface area contributed by atoms with Crippen molar-refractivity contribution in [1.82, 2.24) is 20.0 Å². The van der Waals surface area contributed by atoms with E-state index in [0.717, 1.165) is 28.3 Å². The third-order valence-electron chi connectivity index (χ3n) is 5.56. The second-order valence-electron chi connectivity index (χ2n) is 8.04. The Kier molecular flexibility index (Phi) is 9.46. The molecule has 8 nitrogen and oxygen atoms in total. The van der Waals surface area contributed by atoms with Crippen LogP contribution >= 0.6 is 24.0 Å². The fourth-order valence-corrected chi connectivity index (χ4v) is 3.88. The number of hydrogen-bond donors (Lipinski definition) is 1. The highest BCUT2D eigenvalue weighted by Gasteiger charge is 2.27. The molecular formula is C25H31IN6O2. The van der Waals surface area contributed by atoms with Crippen molar-refractivity contribution in [3.05, 3.63) is 83.7 Å². The molecule has 34 heavy (non-hydrogen) atoms. The van der Waals surface area contributed by atoms with E-state index in [1.165, 1.54) is 0 Å². The van der Waals surface area contributed by atoms with Crippen molar-refractivity contribution in [1.29, 1.82) is 0 Å². The maximum atomic E-state index is 12.7. The number of carbonyl (C=O) groups is 1. The van der Waals surface area contributed by atoms with Gasteiger partial charge in [0.25, 0.3) is 0 Å². The fourth-order valence-electron chi connectivity index (χ4n) is 3.88. The van der Waals surface area contributed by atoms with Crippen LogP contribution in [0.5, 0.6) is 0 Å². The lowest BCUT2D eigenvalue weighted by atomic mass is 10.1. The summed E-state index contributed by atoms with van der Waals surface area (Å²) in [4.78, 5) is 20.9. The number of nitrogens with one attached hydrogen (secondary N) is 1. The second-order valence-corrected chi connectivity index (χ2v) is 8.04. The number of rotatable bonds is 7. The van der Waals surface area contributed by atoms with Gasteiger partial charge in [-0.25, -0.2) is 0 Å². The van der Waals surface area contributed by atoms with Crippen molar-refractivity contribution in [2.45, 2.75) is 19.8 Å². The van der Waals surface area contributed by atoms with Gasteiger partial charge in [-0.1, -0.05) is 54.6 Å². The number of carbonyl (C=O) groups excluding carboxylic acids is 1. The third-order valence-corrected chi connectivity index (χ3v) is 5.56. The number of nitrogens with zero attached hydrogens (tertiary/aromatic N) is 5. The summed E-state index contributed by atoms with van der Waals surface area (Å²) in [5.41, 5.74) is 4.26. The Balaban J connectivity index is 0.00000324. The number of aromatic nitrogens is 2. The summed E-state index contributed by atoms with van der Waals surface area (Å²) in [6, 6.07) is 18.5. The Morgan fingerprint density at radius 1 is 1.06 bits per heavy atom. The van der Waals surface area contributed by atoms with E-state index in [0.29, 0.717) is 32.8 Å². The predicted molar refractivity (Wildman–Crippen MR) is 144 cm³/mol. The number of hydrogen-bond acceptors (Lipinski definition) is 4. The lowest BCUT2D eigenvalue weighted by molar-refractivity contribution is -0.120. The standard InChI is InChI=1S/C25H30N6O2.HI/c1-26-25(30-11-12-31(24(32)17-30)23-15-28-29(2)16-23)27-14-21-9-6-10-22(13-21)19-33-18-20-7-4-3-5-8-20;/h3-10,13,15-16H,11-12,14,17-19H2,1-2H3,(H,26,27);1H.